The van der Waals surface area contributed by atoms with E-state index in [1.54, 1.807) is 11.9 Å². The Labute approximate surface area is 126 Å². The van der Waals surface area contributed by atoms with Gasteiger partial charge in [0.05, 0.1) is 0 Å². The fourth-order valence-corrected chi connectivity index (χ4v) is 3.26. The lowest BCUT2D eigenvalue weighted by Crippen LogP contribution is -2.23. The highest BCUT2D eigenvalue weighted by atomic mass is 35.5. The number of benzene rings is 1. The van der Waals surface area contributed by atoms with Crippen molar-refractivity contribution in [3.8, 4) is 0 Å². The molecule has 1 fully saturated rings. The van der Waals surface area contributed by atoms with Gasteiger partial charge in [-0.25, -0.2) is 4.40 Å². The van der Waals surface area contributed by atoms with Crippen LogP contribution in [0.3, 0.4) is 0 Å². The number of halogens is 1. The van der Waals surface area contributed by atoms with Gasteiger partial charge < -0.3 is 0 Å². The van der Waals surface area contributed by atoms with Crippen molar-refractivity contribution in [1.82, 2.24) is 0 Å². The first-order valence-corrected chi connectivity index (χ1v) is 8.05. The second-order valence-electron chi connectivity index (χ2n) is 6.31. The van der Waals surface area contributed by atoms with Crippen molar-refractivity contribution < 1.29 is 0 Å². The topological polar surface area (TPSA) is 12.4 Å². The maximum absolute atomic E-state index is 5.99. The van der Waals surface area contributed by atoms with E-state index in [-0.39, 0.29) is 10.2 Å². The Bertz CT molecular complexity index is 439. The van der Waals surface area contributed by atoms with Gasteiger partial charge >= 0.3 is 0 Å². The molecule has 0 spiro atoms. The Kier molecular flexibility index (Phi) is 4.62. The normalized spacial score (nSPS) is 19.2. The molecule has 0 heterocycles. The molecule has 19 heavy (non-hydrogen) atoms. The highest BCUT2D eigenvalue weighted by molar-refractivity contribution is 7.99. The Morgan fingerprint density at radius 1 is 1.16 bits per heavy atom. The molecular formula is C16H22ClNS. The van der Waals surface area contributed by atoms with Gasteiger partial charge in [0.15, 0.2) is 0 Å². The highest BCUT2D eigenvalue weighted by Gasteiger charge is 2.34. The average Bonchev–Trinajstić information content (AvgIpc) is 2.78. The summed E-state index contributed by atoms with van der Waals surface area (Å²) in [4.78, 5) is 0. The van der Waals surface area contributed by atoms with Crippen molar-refractivity contribution in [2.45, 2.75) is 56.6 Å². The Balaban J connectivity index is 2.21. The van der Waals surface area contributed by atoms with Crippen LogP contribution in [0.2, 0.25) is 5.02 Å². The van der Waals surface area contributed by atoms with E-state index < -0.39 is 0 Å². The zero-order chi connectivity index (χ0) is 13.9. The molecule has 0 N–H and O–H groups in total. The van der Waals surface area contributed by atoms with Crippen LogP contribution in [0.15, 0.2) is 28.7 Å². The van der Waals surface area contributed by atoms with Crippen molar-refractivity contribution in [3.05, 3.63) is 34.9 Å². The van der Waals surface area contributed by atoms with Gasteiger partial charge in [0.25, 0.3) is 0 Å². The Hall–Kier alpha value is -0.470. The lowest BCUT2D eigenvalue weighted by molar-refractivity contribution is 0.613. The van der Waals surface area contributed by atoms with E-state index in [9.17, 15) is 0 Å². The van der Waals surface area contributed by atoms with E-state index in [1.165, 1.54) is 31.2 Å². The van der Waals surface area contributed by atoms with Crippen LogP contribution < -0.4 is 0 Å². The number of hydrogen-bond acceptors (Lipinski definition) is 2. The fraction of sp³-hybridized carbons (Fsp3) is 0.562. The van der Waals surface area contributed by atoms with E-state index in [4.69, 9.17) is 11.6 Å². The summed E-state index contributed by atoms with van der Waals surface area (Å²) in [5.74, 6) is 0. The highest BCUT2D eigenvalue weighted by Crippen LogP contribution is 2.40. The molecule has 3 heteroatoms. The molecule has 0 amide bonds. The molecule has 0 aromatic heterocycles. The van der Waals surface area contributed by atoms with E-state index >= 15 is 0 Å². The minimum Gasteiger partial charge on any atom is -0.228 e. The molecule has 1 aromatic carbocycles. The van der Waals surface area contributed by atoms with Crippen molar-refractivity contribution in [2.24, 2.45) is 4.40 Å². The van der Waals surface area contributed by atoms with Crippen LogP contribution in [-0.4, -0.2) is 11.0 Å². The van der Waals surface area contributed by atoms with Gasteiger partial charge in [0, 0.05) is 21.4 Å². The molecule has 0 bridgehead atoms. The van der Waals surface area contributed by atoms with Gasteiger partial charge in [-0.3, -0.25) is 0 Å². The maximum Gasteiger partial charge on any atom is 0.0406 e. The van der Waals surface area contributed by atoms with E-state index in [2.05, 4.69) is 43.5 Å². The SMILES string of the molecule is CC(C)(C)S/N=C/C1(c2ccc(Cl)cc2)CCCC1. The van der Waals surface area contributed by atoms with Gasteiger partial charge in [0.2, 0.25) is 0 Å². The molecule has 0 atom stereocenters. The van der Waals surface area contributed by atoms with E-state index in [1.807, 2.05) is 12.1 Å². The van der Waals surface area contributed by atoms with Crippen LogP contribution in [0.1, 0.15) is 52.0 Å². The van der Waals surface area contributed by atoms with Crippen molar-refractivity contribution in [2.75, 3.05) is 0 Å². The van der Waals surface area contributed by atoms with Crippen molar-refractivity contribution in [3.63, 3.8) is 0 Å². The molecule has 1 aliphatic carbocycles. The van der Waals surface area contributed by atoms with E-state index in [0.717, 1.165) is 5.02 Å². The molecule has 0 radical (unpaired) electrons. The summed E-state index contributed by atoms with van der Waals surface area (Å²) in [5.41, 5.74) is 1.48. The third-order valence-electron chi connectivity index (χ3n) is 3.54. The van der Waals surface area contributed by atoms with Gasteiger partial charge in [-0.15, -0.1) is 0 Å². The third-order valence-corrected chi connectivity index (χ3v) is 4.55. The van der Waals surface area contributed by atoms with Gasteiger partial charge in [-0.1, -0.05) is 36.6 Å². The quantitative estimate of drug-likeness (QED) is 0.517. The molecule has 0 saturated heterocycles. The van der Waals surface area contributed by atoms with Crippen LogP contribution >= 0.6 is 23.5 Å². The summed E-state index contributed by atoms with van der Waals surface area (Å²) >= 11 is 7.65. The maximum atomic E-state index is 5.99. The number of rotatable bonds is 3. The smallest absolute Gasteiger partial charge is 0.0406 e. The van der Waals surface area contributed by atoms with Gasteiger partial charge in [-0.2, -0.15) is 0 Å². The minimum absolute atomic E-state index is 0.128. The average molecular weight is 296 g/mol. The second-order valence-corrected chi connectivity index (χ2v) is 8.36. The van der Waals surface area contributed by atoms with Crippen LogP contribution in [-0.2, 0) is 5.41 Å². The monoisotopic (exact) mass is 295 g/mol. The van der Waals surface area contributed by atoms with Gasteiger partial charge in [0.1, 0.15) is 0 Å². The zero-order valence-corrected chi connectivity index (χ0v) is 13.5. The Morgan fingerprint density at radius 3 is 2.26 bits per heavy atom. The first-order valence-electron chi connectivity index (χ1n) is 6.90. The lowest BCUT2D eigenvalue weighted by atomic mass is 9.80. The first kappa shape index (κ1) is 14.9. The summed E-state index contributed by atoms with van der Waals surface area (Å²) in [5, 5.41) is 0.804. The number of hydrogen-bond donors (Lipinski definition) is 0. The molecule has 1 saturated carbocycles. The summed E-state index contributed by atoms with van der Waals surface area (Å²) in [6, 6.07) is 8.28. The summed E-state index contributed by atoms with van der Waals surface area (Å²) in [6.45, 7) is 6.58. The van der Waals surface area contributed by atoms with Crippen LogP contribution in [0, 0.1) is 0 Å². The molecular weight excluding hydrogens is 274 g/mol. The lowest BCUT2D eigenvalue weighted by Gasteiger charge is -2.25. The first-order chi connectivity index (χ1) is 8.91. The summed E-state index contributed by atoms with van der Waals surface area (Å²) in [6.07, 6.45) is 7.15. The standard InChI is InChI=1S/C16H22ClNS/c1-15(2,3)19-18-12-16(10-4-5-11-16)13-6-8-14(17)9-7-13/h6-9,12H,4-5,10-11H2,1-3H3/b18-12+. The van der Waals surface area contributed by atoms with Crippen LogP contribution in [0.4, 0.5) is 0 Å². The van der Waals surface area contributed by atoms with E-state index in [0.29, 0.717) is 0 Å². The van der Waals surface area contributed by atoms with Crippen LogP contribution in [0.25, 0.3) is 0 Å². The Morgan fingerprint density at radius 2 is 1.74 bits per heavy atom. The summed E-state index contributed by atoms with van der Waals surface area (Å²) in [7, 11) is 0. The predicted octanol–water partition coefficient (Wildman–Crippen LogP) is 5.67. The van der Waals surface area contributed by atoms with Gasteiger partial charge in [-0.05, 0) is 63.3 Å². The molecule has 2 rings (SSSR count). The largest absolute Gasteiger partial charge is 0.228 e. The molecule has 0 aliphatic heterocycles. The second kappa shape index (κ2) is 5.88. The predicted molar refractivity (Wildman–Crippen MR) is 87.4 cm³/mol. The number of nitrogens with zero attached hydrogens (tertiary/aromatic N) is 1. The molecule has 1 nitrogen and oxygen atoms in total. The molecule has 1 aromatic rings. The molecule has 1 aliphatic rings. The molecule has 104 valence electrons. The third kappa shape index (κ3) is 4.00. The minimum atomic E-state index is 0.128. The van der Waals surface area contributed by atoms with Crippen molar-refractivity contribution >= 4 is 29.8 Å². The molecule has 0 unspecified atom stereocenters. The van der Waals surface area contributed by atoms with Crippen molar-refractivity contribution in [1.29, 1.82) is 0 Å². The zero-order valence-electron chi connectivity index (χ0n) is 11.9. The summed E-state index contributed by atoms with van der Waals surface area (Å²) < 4.78 is 4.83. The fourth-order valence-electron chi connectivity index (χ4n) is 2.57. The van der Waals surface area contributed by atoms with Crippen LogP contribution in [0.5, 0.6) is 0 Å².